The van der Waals surface area contributed by atoms with Crippen LogP contribution in [0.15, 0.2) is 59.1 Å². The Morgan fingerprint density at radius 3 is 2.54 bits per heavy atom. The molecule has 8 nitrogen and oxygen atoms in total. The molecule has 0 spiro atoms. The molecule has 2 aromatic heterocycles. The number of rotatable bonds is 4. The van der Waals surface area contributed by atoms with Gasteiger partial charge in [-0.15, -0.1) is 0 Å². The zero-order valence-corrected chi connectivity index (χ0v) is 19.2. The van der Waals surface area contributed by atoms with Gasteiger partial charge in [0.1, 0.15) is 11.5 Å². The smallest absolute Gasteiger partial charge is 0.335 e. The van der Waals surface area contributed by atoms with E-state index < -0.39 is 17.7 Å². The average Bonchev–Trinajstić information content (AvgIpc) is 3.42. The number of hydrogen-bond donors (Lipinski definition) is 1. The van der Waals surface area contributed by atoms with Crippen LogP contribution in [0.1, 0.15) is 32.1 Å². The molecule has 0 bridgehead atoms. The van der Waals surface area contributed by atoms with Crippen LogP contribution >= 0.6 is 11.6 Å². The second kappa shape index (κ2) is 8.44. The first-order valence-corrected chi connectivity index (χ1v) is 10.8. The van der Waals surface area contributed by atoms with Crippen molar-refractivity contribution in [3.63, 3.8) is 0 Å². The highest BCUT2D eigenvalue weighted by molar-refractivity contribution is 6.34. The van der Waals surface area contributed by atoms with Crippen molar-refractivity contribution < 1.29 is 23.6 Å². The number of hydrogen-bond acceptors (Lipinski definition) is 6. The molecule has 0 aliphatic carbocycles. The Balaban J connectivity index is 1.77. The summed E-state index contributed by atoms with van der Waals surface area (Å²) in [6.07, 6.45) is 0. The summed E-state index contributed by atoms with van der Waals surface area (Å²) in [6.45, 7) is 3.43. The van der Waals surface area contributed by atoms with E-state index in [4.69, 9.17) is 16.1 Å². The number of carbonyl (C=O) groups is 2. The van der Waals surface area contributed by atoms with E-state index in [1.54, 1.807) is 50.2 Å². The van der Waals surface area contributed by atoms with Crippen LogP contribution in [0, 0.1) is 19.7 Å². The van der Waals surface area contributed by atoms with Gasteiger partial charge in [-0.25, -0.2) is 9.18 Å². The van der Waals surface area contributed by atoms with Crippen LogP contribution in [0.3, 0.4) is 0 Å². The molecule has 0 unspecified atom stereocenters. The molecule has 10 heteroatoms. The van der Waals surface area contributed by atoms with Crippen molar-refractivity contribution in [3.8, 4) is 22.7 Å². The van der Waals surface area contributed by atoms with E-state index in [1.807, 2.05) is 0 Å². The van der Waals surface area contributed by atoms with Gasteiger partial charge in [0.25, 0.3) is 11.8 Å². The van der Waals surface area contributed by atoms with Crippen LogP contribution < -0.4 is 0 Å². The van der Waals surface area contributed by atoms with E-state index in [1.165, 1.54) is 12.1 Å². The van der Waals surface area contributed by atoms with Crippen molar-refractivity contribution in [2.45, 2.75) is 13.8 Å². The van der Waals surface area contributed by atoms with Crippen molar-refractivity contribution in [1.82, 2.24) is 19.9 Å². The maximum absolute atomic E-state index is 15.0. The van der Waals surface area contributed by atoms with Crippen LogP contribution in [-0.2, 0) is 0 Å². The van der Waals surface area contributed by atoms with Crippen LogP contribution in [0.4, 0.5) is 4.39 Å². The molecule has 0 radical (unpaired) electrons. The van der Waals surface area contributed by atoms with Gasteiger partial charge in [-0.1, -0.05) is 28.9 Å². The number of aromatic nitrogens is 4. The largest absolute Gasteiger partial charge is 0.478 e. The second-order valence-electron chi connectivity index (χ2n) is 7.88. The fourth-order valence-corrected chi connectivity index (χ4v) is 4.17. The Labute approximate surface area is 202 Å². The van der Waals surface area contributed by atoms with E-state index in [0.717, 1.165) is 10.7 Å². The first kappa shape index (κ1) is 22.4. The van der Waals surface area contributed by atoms with E-state index >= 15 is 0 Å². The first-order valence-electron chi connectivity index (χ1n) is 10.4. The van der Waals surface area contributed by atoms with Gasteiger partial charge in [0.05, 0.1) is 21.7 Å². The predicted molar refractivity (Wildman–Crippen MR) is 126 cm³/mol. The fraction of sp³-hybridized carbons (Fsp3) is 0.0800. The molecule has 35 heavy (non-hydrogen) atoms. The van der Waals surface area contributed by atoms with Crippen LogP contribution in [0.2, 0.25) is 5.02 Å². The molecule has 0 atom stereocenters. The molecule has 0 saturated heterocycles. The molecule has 1 N–H and O–H groups in total. The Morgan fingerprint density at radius 1 is 1.09 bits per heavy atom. The Kier molecular flexibility index (Phi) is 5.41. The summed E-state index contributed by atoms with van der Waals surface area (Å²) in [6, 6.07) is 13.6. The number of carboxylic acids is 1. The lowest BCUT2D eigenvalue weighted by atomic mass is 10.0. The molecule has 2 heterocycles. The van der Waals surface area contributed by atoms with Gasteiger partial charge in [-0.2, -0.15) is 14.8 Å². The van der Waals surface area contributed by atoms with Gasteiger partial charge in [-0.3, -0.25) is 4.79 Å². The van der Waals surface area contributed by atoms with E-state index in [0.29, 0.717) is 27.9 Å². The number of nitrogens with zero attached hydrogens (tertiary/aromatic N) is 4. The molecular formula is C25H16ClFN4O4. The summed E-state index contributed by atoms with van der Waals surface area (Å²) in [4.78, 5) is 29.1. The molecule has 0 saturated carbocycles. The van der Waals surface area contributed by atoms with E-state index in [9.17, 15) is 19.1 Å². The van der Waals surface area contributed by atoms with Gasteiger partial charge >= 0.3 is 5.97 Å². The maximum atomic E-state index is 15.0. The highest BCUT2D eigenvalue weighted by Gasteiger charge is 2.24. The normalized spacial score (nSPS) is 11.2. The minimum absolute atomic E-state index is 0.0452. The summed E-state index contributed by atoms with van der Waals surface area (Å²) in [7, 11) is 0. The van der Waals surface area contributed by atoms with Crippen molar-refractivity contribution in [1.29, 1.82) is 0 Å². The summed E-state index contributed by atoms with van der Waals surface area (Å²) in [5.74, 6) is -1.86. The average molecular weight is 491 g/mol. The molecule has 3 aromatic carbocycles. The number of aromatic carboxylic acids is 1. The van der Waals surface area contributed by atoms with Gasteiger partial charge in [0.2, 0.25) is 0 Å². The van der Waals surface area contributed by atoms with Crippen molar-refractivity contribution >= 4 is 34.4 Å². The number of halogens is 2. The van der Waals surface area contributed by atoms with Crippen molar-refractivity contribution in [2.75, 3.05) is 0 Å². The number of carbonyl (C=O) groups excluding carboxylic acids is 1. The summed E-state index contributed by atoms with van der Waals surface area (Å²) in [5.41, 5.74) is 1.81. The minimum atomic E-state index is -1.25. The van der Waals surface area contributed by atoms with Crippen molar-refractivity contribution in [2.24, 2.45) is 0 Å². The van der Waals surface area contributed by atoms with Gasteiger partial charge < -0.3 is 9.63 Å². The third-order valence-corrected chi connectivity index (χ3v) is 5.87. The standard InChI is InChI=1S/C25H16ClFN4O4/c1-12-4-3-5-18(26)21(12)24(32)31-20-11-14(23-28-13(2)30-35-23)6-9-17(20)22(29-31)16-8-7-15(25(33)34)10-19(16)27/h3-11H,1-2H3,(H,33,34). The summed E-state index contributed by atoms with van der Waals surface area (Å²) >= 11 is 6.34. The summed E-state index contributed by atoms with van der Waals surface area (Å²) in [5, 5.41) is 18.1. The predicted octanol–water partition coefficient (Wildman–Crippen LogP) is 5.55. The van der Waals surface area contributed by atoms with Crippen LogP contribution in [0.25, 0.3) is 33.6 Å². The lowest BCUT2D eigenvalue weighted by molar-refractivity contribution is 0.0696. The lowest BCUT2D eigenvalue weighted by Crippen LogP contribution is -2.15. The maximum Gasteiger partial charge on any atom is 0.335 e. The van der Waals surface area contributed by atoms with Gasteiger partial charge in [0.15, 0.2) is 5.82 Å². The molecule has 174 valence electrons. The lowest BCUT2D eigenvalue weighted by Gasteiger charge is -2.08. The van der Waals surface area contributed by atoms with Gasteiger partial charge in [0, 0.05) is 16.5 Å². The molecular weight excluding hydrogens is 475 g/mol. The van der Waals surface area contributed by atoms with Gasteiger partial charge in [-0.05, 0) is 61.9 Å². The quantitative estimate of drug-likeness (QED) is 0.351. The molecule has 0 fully saturated rings. The number of aryl methyl sites for hydroxylation is 2. The monoisotopic (exact) mass is 490 g/mol. The Bertz CT molecular complexity index is 1640. The summed E-state index contributed by atoms with van der Waals surface area (Å²) < 4.78 is 21.4. The minimum Gasteiger partial charge on any atom is -0.478 e. The number of carboxylic acid groups (broad SMARTS) is 1. The molecule has 0 aliphatic heterocycles. The number of benzene rings is 3. The third-order valence-electron chi connectivity index (χ3n) is 5.55. The fourth-order valence-electron chi connectivity index (χ4n) is 3.86. The van der Waals surface area contributed by atoms with Crippen LogP contribution in [-0.4, -0.2) is 36.9 Å². The first-order chi connectivity index (χ1) is 16.7. The molecule has 0 aliphatic rings. The molecule has 5 rings (SSSR count). The van der Waals surface area contributed by atoms with Crippen molar-refractivity contribution in [3.05, 3.63) is 88.0 Å². The zero-order valence-electron chi connectivity index (χ0n) is 18.4. The highest BCUT2D eigenvalue weighted by atomic mass is 35.5. The number of fused-ring (bicyclic) bond motifs is 1. The third kappa shape index (κ3) is 3.85. The van der Waals surface area contributed by atoms with Crippen LogP contribution in [0.5, 0.6) is 0 Å². The SMILES string of the molecule is Cc1noc(-c2ccc3c(-c4ccc(C(=O)O)cc4F)nn(C(=O)c4c(C)cccc4Cl)c3c2)n1. The molecule has 5 aromatic rings. The Morgan fingerprint density at radius 2 is 1.89 bits per heavy atom. The molecule has 0 amide bonds. The Hall–Kier alpha value is -4.37. The van der Waals surface area contributed by atoms with E-state index in [-0.39, 0.29) is 33.3 Å². The van der Waals surface area contributed by atoms with E-state index in [2.05, 4.69) is 15.2 Å². The topological polar surface area (TPSA) is 111 Å². The zero-order chi connectivity index (χ0) is 24.9. The second-order valence-corrected chi connectivity index (χ2v) is 8.28. The highest BCUT2D eigenvalue weighted by Crippen LogP contribution is 2.34.